The summed E-state index contributed by atoms with van der Waals surface area (Å²) in [6.45, 7) is 7.41. The quantitative estimate of drug-likeness (QED) is 0.806. The number of rotatable bonds is 3. The first-order valence-electron chi connectivity index (χ1n) is 6.90. The highest BCUT2D eigenvalue weighted by atomic mass is 16.4. The second-order valence-electron chi connectivity index (χ2n) is 7.38. The molecule has 0 spiro atoms. The molecule has 2 bridgehead atoms. The van der Waals surface area contributed by atoms with Crippen LogP contribution in [0.4, 0.5) is 0 Å². The number of nitrogens with zero attached hydrogens (tertiary/aromatic N) is 1. The summed E-state index contributed by atoms with van der Waals surface area (Å²) < 4.78 is 0. The summed E-state index contributed by atoms with van der Waals surface area (Å²) in [7, 11) is 0. The van der Waals surface area contributed by atoms with E-state index >= 15 is 0 Å². The van der Waals surface area contributed by atoms with Crippen LogP contribution in [0.25, 0.3) is 0 Å². The van der Waals surface area contributed by atoms with E-state index in [1.165, 1.54) is 0 Å². The minimum Gasteiger partial charge on any atom is -0.481 e. The molecule has 1 aliphatic heterocycles. The zero-order valence-corrected chi connectivity index (χ0v) is 12.0. The molecule has 3 unspecified atom stereocenters. The predicted molar refractivity (Wildman–Crippen MR) is 71.5 cm³/mol. The van der Waals surface area contributed by atoms with Crippen LogP contribution in [0.3, 0.4) is 0 Å². The van der Waals surface area contributed by atoms with Crippen LogP contribution in [0.15, 0.2) is 0 Å². The monoisotopic (exact) mass is 268 g/mol. The van der Waals surface area contributed by atoms with Gasteiger partial charge in [0.15, 0.2) is 0 Å². The molecular weight excluding hydrogens is 244 g/mol. The van der Waals surface area contributed by atoms with Gasteiger partial charge in [0.05, 0.1) is 12.5 Å². The van der Waals surface area contributed by atoms with Crippen LogP contribution in [0.1, 0.15) is 46.5 Å². The second kappa shape index (κ2) is 4.47. The van der Waals surface area contributed by atoms with Crippen molar-refractivity contribution < 1.29 is 14.7 Å². The standard InChI is InChI=1S/C14H24N2O3/c1-13(2)5-9-6-14(3,7-13)8-16(9)12(19)10(15)4-11(17)18/h9-10H,4-8,15H2,1-3H3,(H,17,18). The van der Waals surface area contributed by atoms with Gasteiger partial charge in [-0.2, -0.15) is 0 Å². The van der Waals surface area contributed by atoms with Gasteiger partial charge in [0.25, 0.3) is 0 Å². The Morgan fingerprint density at radius 3 is 2.58 bits per heavy atom. The summed E-state index contributed by atoms with van der Waals surface area (Å²) in [5.74, 6) is -1.22. The molecule has 2 rings (SSSR count). The van der Waals surface area contributed by atoms with Crippen LogP contribution < -0.4 is 5.73 Å². The zero-order valence-electron chi connectivity index (χ0n) is 12.0. The van der Waals surface area contributed by atoms with Crippen molar-refractivity contribution in [2.75, 3.05) is 6.54 Å². The number of fused-ring (bicyclic) bond motifs is 2. The summed E-state index contributed by atoms with van der Waals surface area (Å²) in [6.07, 6.45) is 2.81. The number of aliphatic carboxylic acids is 1. The largest absolute Gasteiger partial charge is 0.481 e. The molecule has 19 heavy (non-hydrogen) atoms. The molecule has 0 radical (unpaired) electrons. The first kappa shape index (κ1) is 14.3. The molecule has 1 amide bonds. The third-order valence-corrected chi connectivity index (χ3v) is 4.41. The van der Waals surface area contributed by atoms with E-state index < -0.39 is 12.0 Å². The van der Waals surface area contributed by atoms with E-state index in [2.05, 4.69) is 20.8 Å². The van der Waals surface area contributed by atoms with E-state index in [1.807, 2.05) is 4.90 Å². The van der Waals surface area contributed by atoms with Gasteiger partial charge in [-0.3, -0.25) is 9.59 Å². The highest BCUT2D eigenvalue weighted by Gasteiger charge is 2.51. The molecule has 3 N–H and O–H groups in total. The van der Waals surface area contributed by atoms with Crippen molar-refractivity contribution in [2.24, 2.45) is 16.6 Å². The SMILES string of the molecule is CC1(C)CC2CC(C)(CN2C(=O)C(N)CC(=O)O)C1. The average Bonchev–Trinajstić information content (AvgIpc) is 2.45. The topological polar surface area (TPSA) is 83.6 Å². The lowest BCUT2D eigenvalue weighted by Gasteiger charge is -2.39. The van der Waals surface area contributed by atoms with Crippen LogP contribution in [0, 0.1) is 10.8 Å². The zero-order chi connectivity index (χ0) is 14.4. The van der Waals surface area contributed by atoms with Gasteiger partial charge in [-0.1, -0.05) is 20.8 Å². The Bertz CT molecular complexity index is 407. The van der Waals surface area contributed by atoms with Gasteiger partial charge in [0.2, 0.25) is 5.91 Å². The van der Waals surface area contributed by atoms with Crippen molar-refractivity contribution in [3.05, 3.63) is 0 Å². The Kier molecular flexibility index (Phi) is 3.37. The maximum Gasteiger partial charge on any atom is 0.305 e. The molecule has 2 fully saturated rings. The van der Waals surface area contributed by atoms with Gasteiger partial charge in [0, 0.05) is 12.6 Å². The van der Waals surface area contributed by atoms with Crippen molar-refractivity contribution in [1.29, 1.82) is 0 Å². The molecule has 1 saturated carbocycles. The Hall–Kier alpha value is -1.10. The minimum atomic E-state index is -1.02. The van der Waals surface area contributed by atoms with Crippen molar-refractivity contribution in [3.8, 4) is 0 Å². The fourth-order valence-electron chi connectivity index (χ4n) is 4.21. The Balaban J connectivity index is 2.11. The first-order chi connectivity index (χ1) is 8.62. The van der Waals surface area contributed by atoms with Crippen molar-refractivity contribution in [3.63, 3.8) is 0 Å². The molecule has 1 saturated heterocycles. The second-order valence-corrected chi connectivity index (χ2v) is 7.38. The lowest BCUT2D eigenvalue weighted by molar-refractivity contribution is -0.142. The summed E-state index contributed by atoms with van der Waals surface area (Å²) in [5, 5.41) is 8.75. The van der Waals surface area contributed by atoms with E-state index in [0.29, 0.717) is 6.54 Å². The Labute approximate surface area is 114 Å². The third kappa shape index (κ3) is 2.91. The number of carbonyl (C=O) groups is 2. The molecule has 0 aromatic rings. The summed E-state index contributed by atoms with van der Waals surface area (Å²) in [5.41, 5.74) is 6.12. The van der Waals surface area contributed by atoms with Crippen LogP contribution >= 0.6 is 0 Å². The number of carbonyl (C=O) groups excluding carboxylic acids is 1. The lowest BCUT2D eigenvalue weighted by atomic mass is 9.65. The highest BCUT2D eigenvalue weighted by Crippen LogP contribution is 2.52. The van der Waals surface area contributed by atoms with Gasteiger partial charge in [-0.05, 0) is 30.1 Å². The highest BCUT2D eigenvalue weighted by molar-refractivity contribution is 5.86. The molecule has 3 atom stereocenters. The van der Waals surface area contributed by atoms with Crippen LogP contribution in [-0.4, -0.2) is 40.5 Å². The molecule has 5 heteroatoms. The van der Waals surface area contributed by atoms with E-state index in [-0.39, 0.29) is 29.2 Å². The molecule has 108 valence electrons. The van der Waals surface area contributed by atoms with Gasteiger partial charge >= 0.3 is 5.97 Å². The van der Waals surface area contributed by atoms with Crippen molar-refractivity contribution in [2.45, 2.75) is 58.5 Å². The maximum atomic E-state index is 12.3. The molecule has 0 aromatic carbocycles. The van der Waals surface area contributed by atoms with Gasteiger partial charge < -0.3 is 15.7 Å². The fourth-order valence-corrected chi connectivity index (χ4v) is 4.21. The Morgan fingerprint density at radius 2 is 2.00 bits per heavy atom. The van der Waals surface area contributed by atoms with Crippen LogP contribution in [0.2, 0.25) is 0 Å². The Morgan fingerprint density at radius 1 is 1.37 bits per heavy atom. The van der Waals surface area contributed by atoms with E-state index in [4.69, 9.17) is 10.8 Å². The fraction of sp³-hybridized carbons (Fsp3) is 0.857. The molecule has 2 aliphatic rings. The minimum absolute atomic E-state index is 0.158. The summed E-state index contributed by atoms with van der Waals surface area (Å²) in [4.78, 5) is 24.8. The number of hydrogen-bond donors (Lipinski definition) is 2. The number of carboxylic acid groups (broad SMARTS) is 1. The molecule has 0 aromatic heterocycles. The number of amides is 1. The molecular formula is C14H24N2O3. The first-order valence-corrected chi connectivity index (χ1v) is 6.90. The average molecular weight is 268 g/mol. The molecule has 5 nitrogen and oxygen atoms in total. The van der Waals surface area contributed by atoms with Crippen LogP contribution in [-0.2, 0) is 9.59 Å². The number of carboxylic acids is 1. The smallest absolute Gasteiger partial charge is 0.305 e. The lowest BCUT2D eigenvalue weighted by Crippen LogP contribution is -2.47. The van der Waals surface area contributed by atoms with E-state index in [9.17, 15) is 9.59 Å². The summed E-state index contributed by atoms with van der Waals surface area (Å²) >= 11 is 0. The maximum absolute atomic E-state index is 12.3. The third-order valence-electron chi connectivity index (χ3n) is 4.41. The molecule has 1 aliphatic carbocycles. The van der Waals surface area contributed by atoms with E-state index in [1.54, 1.807) is 0 Å². The van der Waals surface area contributed by atoms with Crippen molar-refractivity contribution >= 4 is 11.9 Å². The van der Waals surface area contributed by atoms with Crippen molar-refractivity contribution in [1.82, 2.24) is 4.90 Å². The number of likely N-dealkylation sites (tertiary alicyclic amines) is 1. The van der Waals surface area contributed by atoms with E-state index in [0.717, 1.165) is 19.3 Å². The van der Waals surface area contributed by atoms with Crippen LogP contribution in [0.5, 0.6) is 0 Å². The summed E-state index contributed by atoms with van der Waals surface area (Å²) in [6, 6.07) is -0.690. The van der Waals surface area contributed by atoms with Gasteiger partial charge in [-0.15, -0.1) is 0 Å². The van der Waals surface area contributed by atoms with Gasteiger partial charge in [0.1, 0.15) is 0 Å². The molecule has 1 heterocycles. The predicted octanol–water partition coefficient (Wildman–Crippen LogP) is 1.22. The number of nitrogens with two attached hydrogens (primary N) is 1. The normalized spacial score (nSPS) is 34.1. The van der Waals surface area contributed by atoms with Gasteiger partial charge in [-0.25, -0.2) is 0 Å². The number of hydrogen-bond acceptors (Lipinski definition) is 3.